The SMILES string of the molecule is O=C(Cn1cc(Br)c([N+](=O)[O-])n1)c1ccccc1F. The van der Waals surface area contributed by atoms with Gasteiger partial charge in [-0.15, -0.1) is 0 Å². The number of nitrogens with zero attached hydrogens (tertiary/aromatic N) is 3. The van der Waals surface area contributed by atoms with E-state index < -0.39 is 16.5 Å². The van der Waals surface area contributed by atoms with E-state index in [2.05, 4.69) is 21.0 Å². The van der Waals surface area contributed by atoms with Gasteiger partial charge in [-0.3, -0.25) is 4.79 Å². The molecule has 0 fully saturated rings. The summed E-state index contributed by atoms with van der Waals surface area (Å²) < 4.78 is 14.6. The maximum Gasteiger partial charge on any atom is 0.404 e. The number of hydrogen-bond donors (Lipinski definition) is 0. The van der Waals surface area contributed by atoms with Crippen molar-refractivity contribution in [2.75, 3.05) is 0 Å². The van der Waals surface area contributed by atoms with E-state index in [1.165, 1.54) is 30.5 Å². The number of carbonyl (C=O) groups excluding carboxylic acids is 1. The van der Waals surface area contributed by atoms with Gasteiger partial charge < -0.3 is 10.1 Å². The van der Waals surface area contributed by atoms with Gasteiger partial charge in [-0.05, 0) is 33.0 Å². The van der Waals surface area contributed by atoms with Crippen LogP contribution < -0.4 is 0 Å². The van der Waals surface area contributed by atoms with Crippen molar-refractivity contribution in [3.05, 3.63) is 56.4 Å². The van der Waals surface area contributed by atoms with E-state index in [1.54, 1.807) is 0 Å². The predicted molar refractivity (Wildman–Crippen MR) is 67.3 cm³/mol. The summed E-state index contributed by atoms with van der Waals surface area (Å²) in [6.07, 6.45) is 1.30. The van der Waals surface area contributed by atoms with Crippen molar-refractivity contribution < 1.29 is 14.1 Å². The van der Waals surface area contributed by atoms with Gasteiger partial charge in [-0.1, -0.05) is 12.1 Å². The minimum atomic E-state index is -0.672. The van der Waals surface area contributed by atoms with Gasteiger partial charge in [-0.2, -0.15) is 4.68 Å². The van der Waals surface area contributed by atoms with Crippen LogP contribution in [0.1, 0.15) is 10.4 Å². The molecule has 98 valence electrons. The molecule has 2 rings (SSSR count). The summed E-state index contributed by atoms with van der Waals surface area (Å²) in [6, 6.07) is 5.54. The molecule has 0 saturated carbocycles. The van der Waals surface area contributed by atoms with E-state index in [4.69, 9.17) is 0 Å². The number of halogens is 2. The Labute approximate surface area is 115 Å². The number of benzene rings is 1. The van der Waals surface area contributed by atoms with Crippen LogP contribution in [0.15, 0.2) is 34.9 Å². The fraction of sp³-hybridized carbons (Fsp3) is 0.0909. The topological polar surface area (TPSA) is 78.0 Å². The van der Waals surface area contributed by atoms with Gasteiger partial charge in [0.05, 0.1) is 16.9 Å². The first-order valence-electron chi connectivity index (χ1n) is 5.14. The highest BCUT2D eigenvalue weighted by molar-refractivity contribution is 9.10. The Morgan fingerprint density at radius 1 is 1.47 bits per heavy atom. The Balaban J connectivity index is 2.22. The van der Waals surface area contributed by atoms with Crippen LogP contribution in [-0.2, 0) is 6.54 Å². The number of carbonyl (C=O) groups is 1. The molecule has 0 aliphatic rings. The van der Waals surface area contributed by atoms with Crippen LogP contribution in [0, 0.1) is 15.9 Å². The molecule has 19 heavy (non-hydrogen) atoms. The molecule has 2 aromatic rings. The van der Waals surface area contributed by atoms with Crippen LogP contribution in [-0.4, -0.2) is 20.5 Å². The number of Topliss-reactive ketones (excluding diaryl/α,β-unsaturated/α-hetero) is 1. The lowest BCUT2D eigenvalue weighted by molar-refractivity contribution is -0.390. The summed E-state index contributed by atoms with van der Waals surface area (Å²) in [5.41, 5.74) is -0.0724. The molecule has 0 saturated heterocycles. The quantitative estimate of drug-likeness (QED) is 0.491. The molecular weight excluding hydrogens is 321 g/mol. The molecule has 6 nitrogen and oxygen atoms in total. The van der Waals surface area contributed by atoms with E-state index in [0.717, 1.165) is 4.68 Å². The number of ketones is 1. The fourth-order valence-electron chi connectivity index (χ4n) is 1.51. The molecule has 1 aromatic carbocycles. The average molecular weight is 328 g/mol. The van der Waals surface area contributed by atoms with Crippen molar-refractivity contribution in [3.63, 3.8) is 0 Å². The lowest BCUT2D eigenvalue weighted by Gasteiger charge is -2.00. The summed E-state index contributed by atoms with van der Waals surface area (Å²) in [5, 5.41) is 14.2. The maximum absolute atomic E-state index is 13.4. The van der Waals surface area contributed by atoms with Crippen molar-refractivity contribution in [1.82, 2.24) is 9.78 Å². The zero-order valence-corrected chi connectivity index (χ0v) is 11.0. The van der Waals surface area contributed by atoms with Crippen molar-refractivity contribution in [1.29, 1.82) is 0 Å². The number of rotatable bonds is 4. The first kappa shape index (κ1) is 13.3. The molecule has 0 bridgehead atoms. The van der Waals surface area contributed by atoms with Crippen molar-refractivity contribution in [2.24, 2.45) is 0 Å². The van der Waals surface area contributed by atoms with Crippen LogP contribution in [0.4, 0.5) is 10.2 Å². The summed E-state index contributed by atoms with van der Waals surface area (Å²) in [6.45, 7) is -0.270. The van der Waals surface area contributed by atoms with Gasteiger partial charge in [-0.25, -0.2) is 4.39 Å². The van der Waals surface area contributed by atoms with Crippen molar-refractivity contribution in [2.45, 2.75) is 6.54 Å². The standard InChI is InChI=1S/C11H7BrFN3O3/c12-8-5-15(14-11(8)16(18)19)6-10(17)7-3-1-2-4-9(7)13/h1-5H,6H2. The zero-order chi connectivity index (χ0) is 14.0. The third-order valence-corrected chi connectivity index (χ3v) is 2.91. The molecule has 1 heterocycles. The van der Waals surface area contributed by atoms with E-state index in [1.807, 2.05) is 0 Å². The van der Waals surface area contributed by atoms with Crippen molar-refractivity contribution >= 4 is 27.5 Å². The highest BCUT2D eigenvalue weighted by Crippen LogP contribution is 2.22. The van der Waals surface area contributed by atoms with Gasteiger partial charge in [0.25, 0.3) is 0 Å². The first-order valence-corrected chi connectivity index (χ1v) is 5.93. The van der Waals surface area contributed by atoms with Crippen LogP contribution in [0.3, 0.4) is 0 Å². The lowest BCUT2D eigenvalue weighted by Crippen LogP contribution is -2.12. The highest BCUT2D eigenvalue weighted by Gasteiger charge is 2.21. The van der Waals surface area contributed by atoms with Gasteiger partial charge in [0.1, 0.15) is 16.8 Å². The third kappa shape index (κ3) is 2.84. The van der Waals surface area contributed by atoms with Crippen LogP contribution in [0.5, 0.6) is 0 Å². The summed E-state index contributed by atoms with van der Waals surface area (Å²) in [5.74, 6) is -1.53. The number of nitro groups is 1. The number of aromatic nitrogens is 2. The summed E-state index contributed by atoms with van der Waals surface area (Å²) in [7, 11) is 0. The second kappa shape index (κ2) is 5.27. The maximum atomic E-state index is 13.4. The minimum Gasteiger partial charge on any atom is -0.358 e. The molecule has 0 radical (unpaired) electrons. The van der Waals surface area contributed by atoms with E-state index >= 15 is 0 Å². The molecule has 0 aliphatic heterocycles. The van der Waals surface area contributed by atoms with Gasteiger partial charge >= 0.3 is 5.82 Å². The van der Waals surface area contributed by atoms with Crippen molar-refractivity contribution in [3.8, 4) is 0 Å². The zero-order valence-electron chi connectivity index (χ0n) is 9.42. The molecule has 0 amide bonds. The normalized spacial score (nSPS) is 10.4. The Morgan fingerprint density at radius 2 is 2.16 bits per heavy atom. The Morgan fingerprint density at radius 3 is 2.74 bits per heavy atom. The third-order valence-electron chi connectivity index (χ3n) is 2.35. The highest BCUT2D eigenvalue weighted by atomic mass is 79.9. The molecule has 0 unspecified atom stereocenters. The second-order valence-electron chi connectivity index (χ2n) is 3.66. The van der Waals surface area contributed by atoms with E-state index in [0.29, 0.717) is 0 Å². The molecule has 1 aromatic heterocycles. The fourth-order valence-corrected chi connectivity index (χ4v) is 1.97. The molecule has 0 N–H and O–H groups in total. The smallest absolute Gasteiger partial charge is 0.358 e. The predicted octanol–water partition coefficient (Wildman–Crippen LogP) is 2.58. The summed E-state index contributed by atoms with van der Waals surface area (Å²) in [4.78, 5) is 21.8. The Hall–Kier alpha value is -2.09. The van der Waals surface area contributed by atoms with Gasteiger partial charge in [0.15, 0.2) is 5.78 Å². The molecule has 8 heteroatoms. The van der Waals surface area contributed by atoms with Crippen LogP contribution in [0.2, 0.25) is 0 Å². The molecule has 0 aliphatic carbocycles. The van der Waals surface area contributed by atoms with E-state index in [-0.39, 0.29) is 22.4 Å². The monoisotopic (exact) mass is 327 g/mol. The minimum absolute atomic E-state index is 0.0724. The Bertz CT molecular complexity index is 656. The number of hydrogen-bond acceptors (Lipinski definition) is 4. The van der Waals surface area contributed by atoms with E-state index in [9.17, 15) is 19.3 Å². The summed E-state index contributed by atoms with van der Waals surface area (Å²) >= 11 is 2.97. The van der Waals surface area contributed by atoms with Crippen LogP contribution >= 0.6 is 15.9 Å². The largest absolute Gasteiger partial charge is 0.404 e. The average Bonchev–Trinajstić information content (AvgIpc) is 2.70. The van der Waals surface area contributed by atoms with Gasteiger partial charge in [0.2, 0.25) is 0 Å². The van der Waals surface area contributed by atoms with Gasteiger partial charge in [0, 0.05) is 0 Å². The first-order chi connectivity index (χ1) is 8.99. The molecule has 0 atom stereocenters. The van der Waals surface area contributed by atoms with Crippen LogP contribution in [0.25, 0.3) is 0 Å². The second-order valence-corrected chi connectivity index (χ2v) is 4.51. The molecular formula is C11H7BrFN3O3. The molecule has 0 spiro atoms. The lowest BCUT2D eigenvalue weighted by atomic mass is 10.1. The Kier molecular flexibility index (Phi) is 3.70.